The van der Waals surface area contributed by atoms with Crippen molar-refractivity contribution in [3.8, 4) is 0 Å². The zero-order chi connectivity index (χ0) is 15.5. The molecule has 3 rings (SSSR count). The Balaban J connectivity index is 1.73. The number of carbonyl (C=O) groups excluding carboxylic acids is 1. The van der Waals surface area contributed by atoms with Crippen molar-refractivity contribution in [2.24, 2.45) is 4.99 Å². The van der Waals surface area contributed by atoms with Crippen molar-refractivity contribution in [1.29, 1.82) is 0 Å². The Morgan fingerprint density at radius 3 is 2.55 bits per heavy atom. The molecule has 0 radical (unpaired) electrons. The Hall–Kier alpha value is -1.49. The maximum atomic E-state index is 12.1. The van der Waals surface area contributed by atoms with E-state index in [1.54, 1.807) is 12.1 Å². The molecule has 0 bridgehead atoms. The minimum absolute atomic E-state index is 0.0439. The summed E-state index contributed by atoms with van der Waals surface area (Å²) in [7, 11) is 0. The molecule has 22 heavy (non-hydrogen) atoms. The number of rotatable bonds is 3. The Morgan fingerprint density at radius 2 is 1.82 bits per heavy atom. The number of halogens is 2. The van der Waals surface area contributed by atoms with Gasteiger partial charge in [0, 0.05) is 10.0 Å². The Labute approximate surface area is 142 Å². The summed E-state index contributed by atoms with van der Waals surface area (Å²) in [6.45, 7) is 0. The first-order valence-electron chi connectivity index (χ1n) is 6.67. The van der Waals surface area contributed by atoms with Gasteiger partial charge in [0.15, 0.2) is 5.17 Å². The highest BCUT2D eigenvalue weighted by Gasteiger charge is 2.30. The van der Waals surface area contributed by atoms with E-state index in [2.05, 4.69) is 10.3 Å². The molecule has 6 heteroatoms. The van der Waals surface area contributed by atoms with Gasteiger partial charge < -0.3 is 5.32 Å². The van der Waals surface area contributed by atoms with Crippen LogP contribution in [0.5, 0.6) is 0 Å². The van der Waals surface area contributed by atoms with Gasteiger partial charge in [-0.2, -0.15) is 0 Å². The summed E-state index contributed by atoms with van der Waals surface area (Å²) in [4.78, 5) is 16.5. The summed E-state index contributed by atoms with van der Waals surface area (Å²) in [6, 6.07) is 14.7. The van der Waals surface area contributed by atoms with E-state index in [-0.39, 0.29) is 11.2 Å². The van der Waals surface area contributed by atoms with Gasteiger partial charge in [-0.05, 0) is 42.3 Å². The molecule has 2 aromatic rings. The second-order valence-electron chi connectivity index (χ2n) is 4.78. The average molecular weight is 351 g/mol. The van der Waals surface area contributed by atoms with Crippen LogP contribution >= 0.6 is 35.0 Å². The van der Waals surface area contributed by atoms with Crippen LogP contribution in [0.3, 0.4) is 0 Å². The molecule has 1 aliphatic heterocycles. The molecule has 0 spiro atoms. The van der Waals surface area contributed by atoms with Crippen molar-refractivity contribution in [3.05, 3.63) is 64.1 Å². The number of nitrogens with one attached hydrogen (secondary N) is 1. The van der Waals surface area contributed by atoms with Gasteiger partial charge in [-0.15, -0.1) is 0 Å². The summed E-state index contributed by atoms with van der Waals surface area (Å²) < 4.78 is 0. The van der Waals surface area contributed by atoms with Crippen molar-refractivity contribution in [3.63, 3.8) is 0 Å². The van der Waals surface area contributed by atoms with Gasteiger partial charge in [0.1, 0.15) is 0 Å². The Morgan fingerprint density at radius 1 is 1.09 bits per heavy atom. The second kappa shape index (κ2) is 6.73. The van der Waals surface area contributed by atoms with Crippen molar-refractivity contribution in [1.82, 2.24) is 5.32 Å². The number of amides is 1. The predicted molar refractivity (Wildman–Crippen MR) is 93.2 cm³/mol. The van der Waals surface area contributed by atoms with Crippen LogP contribution in [0.1, 0.15) is 5.56 Å². The summed E-state index contributed by atoms with van der Waals surface area (Å²) >= 11 is 13.4. The zero-order valence-electron chi connectivity index (χ0n) is 11.4. The third kappa shape index (κ3) is 3.64. The Kier molecular flexibility index (Phi) is 4.71. The molecule has 0 saturated carbocycles. The van der Waals surface area contributed by atoms with Crippen molar-refractivity contribution < 1.29 is 4.79 Å². The summed E-state index contributed by atoms with van der Waals surface area (Å²) in [5, 5.41) is 4.53. The lowest BCUT2D eigenvalue weighted by molar-refractivity contribution is -0.118. The third-order valence-corrected chi connectivity index (χ3v) is 4.90. The molecule has 1 heterocycles. The molecule has 0 unspecified atom stereocenters. The van der Waals surface area contributed by atoms with E-state index >= 15 is 0 Å². The van der Waals surface area contributed by atoms with E-state index in [0.717, 1.165) is 11.3 Å². The number of carbonyl (C=O) groups is 1. The first-order valence-corrected chi connectivity index (χ1v) is 8.30. The number of nitrogens with zero attached hydrogens (tertiary/aromatic N) is 1. The molecule has 1 atom stereocenters. The molecule has 0 aliphatic carbocycles. The number of amidine groups is 1. The first kappa shape index (κ1) is 15.4. The third-order valence-electron chi connectivity index (χ3n) is 3.20. The van der Waals surface area contributed by atoms with E-state index in [1.165, 1.54) is 11.8 Å². The van der Waals surface area contributed by atoms with E-state index in [9.17, 15) is 4.79 Å². The quantitative estimate of drug-likeness (QED) is 0.887. The maximum absolute atomic E-state index is 12.1. The van der Waals surface area contributed by atoms with Gasteiger partial charge in [-0.3, -0.25) is 4.79 Å². The molecular weight excluding hydrogens is 339 g/mol. The molecule has 1 aliphatic rings. The minimum Gasteiger partial charge on any atom is -0.304 e. The van der Waals surface area contributed by atoms with E-state index in [1.807, 2.05) is 36.4 Å². The van der Waals surface area contributed by atoms with Gasteiger partial charge in [-0.25, -0.2) is 4.99 Å². The van der Waals surface area contributed by atoms with Gasteiger partial charge in [0.2, 0.25) is 5.91 Å². The topological polar surface area (TPSA) is 41.5 Å². The van der Waals surface area contributed by atoms with Crippen molar-refractivity contribution in [2.75, 3.05) is 0 Å². The lowest BCUT2D eigenvalue weighted by atomic mass is 10.1. The molecule has 112 valence electrons. The van der Waals surface area contributed by atoms with Crippen LogP contribution in [0.25, 0.3) is 0 Å². The molecular formula is C16H12Cl2N2OS. The number of aliphatic imine (C=N–C) groups is 1. The van der Waals surface area contributed by atoms with Crippen molar-refractivity contribution >= 4 is 51.7 Å². The van der Waals surface area contributed by atoms with Crippen LogP contribution in [-0.2, 0) is 11.2 Å². The van der Waals surface area contributed by atoms with Gasteiger partial charge >= 0.3 is 0 Å². The fraction of sp³-hybridized carbons (Fsp3) is 0.125. The van der Waals surface area contributed by atoms with Crippen LogP contribution in [0.2, 0.25) is 10.0 Å². The molecule has 1 amide bonds. The van der Waals surface area contributed by atoms with Crippen LogP contribution < -0.4 is 5.32 Å². The van der Waals surface area contributed by atoms with Crippen molar-refractivity contribution in [2.45, 2.75) is 11.7 Å². The molecule has 1 saturated heterocycles. The predicted octanol–water partition coefficient (Wildman–Crippen LogP) is 4.46. The lowest BCUT2D eigenvalue weighted by Crippen LogP contribution is -2.26. The zero-order valence-corrected chi connectivity index (χ0v) is 13.8. The SMILES string of the molecule is O=C1NC(=Nc2ccc(Cl)cc2)S[C@@H]1Cc1ccccc1Cl. The highest BCUT2D eigenvalue weighted by atomic mass is 35.5. The molecule has 3 nitrogen and oxygen atoms in total. The molecule has 2 aromatic carbocycles. The van der Waals surface area contributed by atoms with Crippen LogP contribution in [0.4, 0.5) is 5.69 Å². The molecule has 1 N–H and O–H groups in total. The number of hydrogen-bond acceptors (Lipinski definition) is 3. The van der Waals surface area contributed by atoms with Crippen LogP contribution in [0, 0.1) is 0 Å². The van der Waals surface area contributed by atoms with Crippen LogP contribution in [0.15, 0.2) is 53.5 Å². The smallest absolute Gasteiger partial charge is 0.239 e. The minimum atomic E-state index is -0.217. The standard InChI is InChI=1S/C16H12Cl2N2OS/c17-11-5-7-12(8-6-11)19-16-20-15(21)14(22-16)9-10-3-1-2-4-13(10)18/h1-8,14H,9H2,(H,19,20,21)/t14-/m1/s1. The number of benzene rings is 2. The number of thioether (sulfide) groups is 1. The normalized spacial score (nSPS) is 19.5. The number of hydrogen-bond donors (Lipinski definition) is 1. The van der Waals surface area contributed by atoms with E-state index in [0.29, 0.717) is 21.6 Å². The monoisotopic (exact) mass is 350 g/mol. The van der Waals surface area contributed by atoms with Crippen LogP contribution in [-0.4, -0.2) is 16.3 Å². The molecule has 0 aromatic heterocycles. The lowest BCUT2D eigenvalue weighted by Gasteiger charge is -2.06. The largest absolute Gasteiger partial charge is 0.304 e. The fourth-order valence-corrected chi connectivity index (χ4v) is 3.44. The first-order chi connectivity index (χ1) is 10.6. The molecule has 1 fully saturated rings. The summed E-state index contributed by atoms with van der Waals surface area (Å²) in [6.07, 6.45) is 0.579. The fourth-order valence-electron chi connectivity index (χ4n) is 2.09. The van der Waals surface area contributed by atoms with E-state index < -0.39 is 0 Å². The highest BCUT2D eigenvalue weighted by Crippen LogP contribution is 2.28. The van der Waals surface area contributed by atoms with Gasteiger partial charge in [0.25, 0.3) is 0 Å². The van der Waals surface area contributed by atoms with Gasteiger partial charge in [0.05, 0.1) is 10.9 Å². The highest BCUT2D eigenvalue weighted by molar-refractivity contribution is 8.15. The second-order valence-corrected chi connectivity index (χ2v) is 6.82. The summed E-state index contributed by atoms with van der Waals surface area (Å²) in [5.41, 5.74) is 1.72. The van der Waals surface area contributed by atoms with Gasteiger partial charge in [-0.1, -0.05) is 53.2 Å². The van der Waals surface area contributed by atoms with E-state index in [4.69, 9.17) is 23.2 Å². The summed E-state index contributed by atoms with van der Waals surface area (Å²) in [5.74, 6) is -0.0439. The Bertz CT molecular complexity index is 731. The average Bonchev–Trinajstić information content (AvgIpc) is 2.84. The maximum Gasteiger partial charge on any atom is 0.239 e.